The summed E-state index contributed by atoms with van der Waals surface area (Å²) in [4.78, 5) is 0. The predicted molar refractivity (Wildman–Crippen MR) is 183 cm³/mol. The Balaban J connectivity index is 4.51. The molecule has 0 heterocycles. The summed E-state index contributed by atoms with van der Waals surface area (Å²) in [6.45, 7) is 9.40. The van der Waals surface area contributed by atoms with Gasteiger partial charge in [-0.05, 0) is 51.4 Å². The van der Waals surface area contributed by atoms with Gasteiger partial charge in [-0.15, -0.1) is 0 Å². The van der Waals surface area contributed by atoms with Crippen molar-refractivity contribution in [2.24, 2.45) is 0 Å². The van der Waals surface area contributed by atoms with Crippen LogP contribution >= 0.6 is 7.26 Å². The standard InChI is InChI=1S/C37H78P/c1-5-9-13-17-19-21-22-23-24-26-29-33-37-38(34-30-16-12-8-4,35-31-27-15-11-7-3)36-32-28-25-20-18-14-10-6-2/h5-37H2,1-4H3/q+1. The number of hydrogen-bond donors (Lipinski definition) is 0. The summed E-state index contributed by atoms with van der Waals surface area (Å²) in [5.74, 6) is 0. The Morgan fingerprint density at radius 1 is 0.211 bits per heavy atom. The minimum atomic E-state index is -0.731. The highest BCUT2D eigenvalue weighted by molar-refractivity contribution is 7.75. The lowest BCUT2D eigenvalue weighted by molar-refractivity contribution is 0.548. The lowest BCUT2D eigenvalue weighted by atomic mass is 10.1. The topological polar surface area (TPSA) is 0 Å². The first kappa shape index (κ1) is 38.4. The summed E-state index contributed by atoms with van der Waals surface area (Å²) in [5, 5.41) is 0. The number of rotatable bonds is 33. The maximum absolute atomic E-state index is 2.38. The van der Waals surface area contributed by atoms with E-state index in [4.69, 9.17) is 0 Å². The molecule has 0 aliphatic carbocycles. The molecule has 0 saturated carbocycles. The molecule has 1 atom stereocenters. The molecule has 230 valence electrons. The third-order valence-electron chi connectivity index (χ3n) is 9.19. The van der Waals surface area contributed by atoms with Gasteiger partial charge in [0.2, 0.25) is 0 Å². The second kappa shape index (κ2) is 32.0. The van der Waals surface area contributed by atoms with E-state index in [1.165, 1.54) is 161 Å². The number of unbranched alkanes of at least 4 members (excludes halogenated alkanes) is 25. The van der Waals surface area contributed by atoms with Crippen molar-refractivity contribution >= 4 is 7.26 Å². The zero-order valence-corrected chi connectivity index (χ0v) is 28.7. The van der Waals surface area contributed by atoms with E-state index >= 15 is 0 Å². The molecule has 0 radical (unpaired) electrons. The van der Waals surface area contributed by atoms with Crippen molar-refractivity contribution in [3.05, 3.63) is 0 Å². The van der Waals surface area contributed by atoms with Crippen LogP contribution in [0.1, 0.15) is 214 Å². The minimum Gasteiger partial charge on any atom is -0.0654 e. The molecule has 1 heteroatoms. The molecule has 0 saturated heterocycles. The maximum Gasteiger partial charge on any atom is 0.0594 e. The van der Waals surface area contributed by atoms with Crippen molar-refractivity contribution in [2.45, 2.75) is 214 Å². The lowest BCUT2D eigenvalue weighted by Crippen LogP contribution is -2.13. The summed E-state index contributed by atoms with van der Waals surface area (Å²) in [7, 11) is -0.731. The highest BCUT2D eigenvalue weighted by Crippen LogP contribution is 2.61. The van der Waals surface area contributed by atoms with E-state index in [1.807, 2.05) is 0 Å². The Hall–Kier alpha value is 0.430. The van der Waals surface area contributed by atoms with E-state index in [9.17, 15) is 0 Å². The second-order valence-electron chi connectivity index (χ2n) is 13.1. The average Bonchev–Trinajstić information content (AvgIpc) is 2.93. The van der Waals surface area contributed by atoms with Crippen molar-refractivity contribution < 1.29 is 0 Å². The molecule has 0 aromatic rings. The van der Waals surface area contributed by atoms with Gasteiger partial charge in [0.05, 0.1) is 24.6 Å². The first-order valence-electron chi connectivity index (χ1n) is 18.6. The molecule has 0 spiro atoms. The SMILES string of the molecule is CCCCCCCCCCCCCC[P+](CCCCCC)(CCCCCCC)CCCCCCCCCC. The van der Waals surface area contributed by atoms with E-state index < -0.39 is 7.26 Å². The van der Waals surface area contributed by atoms with Crippen molar-refractivity contribution in [1.29, 1.82) is 0 Å². The number of hydrogen-bond acceptors (Lipinski definition) is 0. The van der Waals surface area contributed by atoms with Gasteiger partial charge >= 0.3 is 0 Å². The summed E-state index contributed by atoms with van der Waals surface area (Å²) in [6, 6.07) is 0. The van der Waals surface area contributed by atoms with Gasteiger partial charge in [-0.3, -0.25) is 0 Å². The van der Waals surface area contributed by atoms with Crippen LogP contribution in [0.5, 0.6) is 0 Å². The van der Waals surface area contributed by atoms with Crippen LogP contribution < -0.4 is 0 Å². The Labute approximate surface area is 245 Å². The quantitative estimate of drug-likeness (QED) is 0.0560. The van der Waals surface area contributed by atoms with Gasteiger partial charge in [-0.1, -0.05) is 163 Å². The molecule has 0 bridgehead atoms. The third-order valence-corrected chi connectivity index (χ3v) is 14.3. The molecule has 0 fully saturated rings. The van der Waals surface area contributed by atoms with Crippen LogP contribution in [0.3, 0.4) is 0 Å². The molecule has 1 unspecified atom stereocenters. The molecular formula is C37H78P+. The van der Waals surface area contributed by atoms with Crippen LogP contribution in [0.2, 0.25) is 0 Å². The fourth-order valence-electron chi connectivity index (χ4n) is 6.46. The van der Waals surface area contributed by atoms with Crippen molar-refractivity contribution in [1.82, 2.24) is 0 Å². The molecule has 0 aliphatic heterocycles. The van der Waals surface area contributed by atoms with Crippen LogP contribution in [0, 0.1) is 0 Å². The third kappa shape index (κ3) is 26.6. The monoisotopic (exact) mass is 554 g/mol. The molecule has 0 rings (SSSR count). The molecule has 0 aliphatic rings. The Morgan fingerprint density at radius 2 is 0.368 bits per heavy atom. The van der Waals surface area contributed by atoms with Gasteiger partial charge < -0.3 is 0 Å². The fourth-order valence-corrected chi connectivity index (χ4v) is 11.4. The van der Waals surface area contributed by atoms with Gasteiger partial charge in [-0.2, -0.15) is 0 Å². The zero-order chi connectivity index (χ0) is 27.8. The van der Waals surface area contributed by atoms with Gasteiger partial charge in [-0.25, -0.2) is 0 Å². The molecular weight excluding hydrogens is 475 g/mol. The Kier molecular flexibility index (Phi) is 32.3. The van der Waals surface area contributed by atoms with Gasteiger partial charge in [0.25, 0.3) is 0 Å². The van der Waals surface area contributed by atoms with Crippen LogP contribution in [0.4, 0.5) is 0 Å². The summed E-state index contributed by atoms with van der Waals surface area (Å²) < 4.78 is 0. The summed E-state index contributed by atoms with van der Waals surface area (Å²) in [5.41, 5.74) is 0. The molecule has 0 nitrogen and oxygen atoms in total. The normalized spacial score (nSPS) is 13.3. The Bertz CT molecular complexity index is 419. The largest absolute Gasteiger partial charge is 0.0654 e. The zero-order valence-electron chi connectivity index (χ0n) is 27.8. The highest BCUT2D eigenvalue weighted by atomic mass is 31.2. The predicted octanol–water partition coefficient (Wildman–Crippen LogP) is 14.4. The molecule has 0 aromatic carbocycles. The smallest absolute Gasteiger partial charge is 0.0594 e. The molecule has 0 aromatic heterocycles. The van der Waals surface area contributed by atoms with Crippen LogP contribution in [0.25, 0.3) is 0 Å². The maximum atomic E-state index is 2.38. The Morgan fingerprint density at radius 3 is 0.579 bits per heavy atom. The molecule has 38 heavy (non-hydrogen) atoms. The van der Waals surface area contributed by atoms with Crippen molar-refractivity contribution in [2.75, 3.05) is 24.6 Å². The van der Waals surface area contributed by atoms with Gasteiger partial charge in [0, 0.05) is 7.26 Å². The van der Waals surface area contributed by atoms with Crippen LogP contribution in [0.15, 0.2) is 0 Å². The van der Waals surface area contributed by atoms with Gasteiger partial charge in [0.15, 0.2) is 0 Å². The highest BCUT2D eigenvalue weighted by Gasteiger charge is 2.34. The van der Waals surface area contributed by atoms with Crippen LogP contribution in [-0.4, -0.2) is 24.6 Å². The van der Waals surface area contributed by atoms with E-state index in [-0.39, 0.29) is 0 Å². The van der Waals surface area contributed by atoms with Crippen molar-refractivity contribution in [3.8, 4) is 0 Å². The average molecular weight is 554 g/mol. The van der Waals surface area contributed by atoms with E-state index in [1.54, 1.807) is 50.3 Å². The summed E-state index contributed by atoms with van der Waals surface area (Å²) in [6.07, 6.45) is 49.6. The molecule has 0 N–H and O–H groups in total. The van der Waals surface area contributed by atoms with E-state index in [0.29, 0.717) is 0 Å². The first-order chi connectivity index (χ1) is 18.7. The second-order valence-corrected chi connectivity index (χ2v) is 17.5. The minimum absolute atomic E-state index is 0.731. The lowest BCUT2D eigenvalue weighted by Gasteiger charge is -2.28. The van der Waals surface area contributed by atoms with Crippen molar-refractivity contribution in [3.63, 3.8) is 0 Å². The van der Waals surface area contributed by atoms with E-state index in [0.717, 1.165) is 0 Å². The van der Waals surface area contributed by atoms with Gasteiger partial charge in [0.1, 0.15) is 0 Å². The van der Waals surface area contributed by atoms with Crippen LogP contribution in [-0.2, 0) is 0 Å². The molecule has 0 amide bonds. The fraction of sp³-hybridized carbons (Fsp3) is 1.00. The first-order valence-corrected chi connectivity index (χ1v) is 21.1. The van der Waals surface area contributed by atoms with E-state index in [2.05, 4.69) is 27.7 Å². The summed E-state index contributed by atoms with van der Waals surface area (Å²) >= 11 is 0.